The molecule has 12 heavy (non-hydrogen) atoms. The molecule has 0 unspecified atom stereocenters. The van der Waals surface area contributed by atoms with Crippen LogP contribution in [0.25, 0.3) is 0 Å². The Balaban J connectivity index is 4.97. The normalized spacial score (nSPS) is 14.6. The molecule has 7 heteroatoms. The molecule has 0 aliphatic carbocycles. The number of hydrogen-bond acceptors (Lipinski definition) is 1. The number of alkyl halides is 6. The summed E-state index contributed by atoms with van der Waals surface area (Å²) in [4.78, 5) is 9.20. The van der Waals surface area contributed by atoms with Gasteiger partial charge in [0.05, 0.1) is 0 Å². The predicted octanol–water partition coefficient (Wildman–Crippen LogP) is 1.84. The minimum Gasteiger partial charge on any atom is -0.283 e. The maximum absolute atomic E-state index is 11.9. The van der Waals surface area contributed by atoms with Gasteiger partial charge in [-0.05, 0) is 0 Å². The average Bonchev–Trinajstić information content (AvgIpc) is 1.85. The molecule has 0 saturated heterocycles. The van der Waals surface area contributed by atoms with Crippen LogP contribution < -0.4 is 0 Å². The molecule has 0 aliphatic heterocycles. The zero-order chi connectivity index (χ0) is 10.2. The third-order valence-corrected chi connectivity index (χ3v) is 0.982. The highest BCUT2D eigenvalue weighted by atomic mass is 19.3. The van der Waals surface area contributed by atoms with Gasteiger partial charge in [0.25, 0.3) is 6.29 Å². The smallest absolute Gasteiger partial charge is 0.283 e. The van der Waals surface area contributed by atoms with Crippen molar-refractivity contribution in [2.45, 2.75) is 17.8 Å². The molecular weight excluding hydrogens is 190 g/mol. The lowest BCUT2D eigenvalue weighted by Gasteiger charge is -2.26. The van der Waals surface area contributed by atoms with E-state index in [1.165, 1.54) is 6.92 Å². The van der Waals surface area contributed by atoms with E-state index >= 15 is 0 Å². The molecule has 0 aromatic rings. The van der Waals surface area contributed by atoms with Crippen LogP contribution in [0.15, 0.2) is 0 Å². The molecular formula is C5H2F6O. The van der Waals surface area contributed by atoms with Crippen LogP contribution >= 0.6 is 0 Å². The summed E-state index contributed by atoms with van der Waals surface area (Å²) in [7, 11) is 0. The van der Waals surface area contributed by atoms with E-state index < -0.39 is 24.1 Å². The number of hydrogen-bond donors (Lipinski definition) is 0. The van der Waals surface area contributed by atoms with Crippen LogP contribution in [-0.4, -0.2) is 24.1 Å². The van der Waals surface area contributed by atoms with Crippen molar-refractivity contribution in [1.29, 1.82) is 0 Å². The van der Waals surface area contributed by atoms with Crippen molar-refractivity contribution in [3.05, 3.63) is 6.92 Å². The largest absolute Gasteiger partial charge is 0.381 e. The van der Waals surface area contributed by atoms with Crippen LogP contribution in [-0.2, 0) is 4.79 Å². The summed E-state index contributed by atoms with van der Waals surface area (Å²) >= 11 is 0. The van der Waals surface area contributed by atoms with Gasteiger partial charge < -0.3 is 0 Å². The lowest BCUT2D eigenvalue weighted by Crippen LogP contribution is -2.53. The van der Waals surface area contributed by atoms with Crippen molar-refractivity contribution in [2.75, 3.05) is 0 Å². The Morgan fingerprint density at radius 1 is 1.00 bits per heavy atom. The second-order valence-corrected chi connectivity index (χ2v) is 1.96. The lowest BCUT2D eigenvalue weighted by molar-refractivity contribution is -0.266. The summed E-state index contributed by atoms with van der Waals surface area (Å²) in [5.41, 5.74) is 0. The predicted molar refractivity (Wildman–Crippen MR) is 25.9 cm³/mol. The molecule has 1 nitrogen and oxygen atoms in total. The van der Waals surface area contributed by atoms with Crippen molar-refractivity contribution >= 4 is 6.29 Å². The molecule has 0 atom stereocenters. The number of halogens is 6. The molecule has 0 aromatic carbocycles. The summed E-state index contributed by atoms with van der Waals surface area (Å²) in [5.74, 6) is -16.6. The number of carbonyl (C=O) groups excluding carboxylic acids is 1. The molecule has 2 radical (unpaired) electrons. The molecule has 0 fully saturated rings. The maximum Gasteiger partial charge on any atom is 0.381 e. The highest BCUT2D eigenvalue weighted by Gasteiger charge is 2.70. The van der Waals surface area contributed by atoms with Crippen molar-refractivity contribution in [2.24, 2.45) is 0 Å². The molecule has 70 valence electrons. The van der Waals surface area contributed by atoms with Gasteiger partial charge in [0, 0.05) is 6.92 Å². The summed E-state index contributed by atoms with van der Waals surface area (Å²) in [6, 6.07) is 0. The van der Waals surface area contributed by atoms with E-state index in [9.17, 15) is 31.1 Å². The van der Waals surface area contributed by atoms with Gasteiger partial charge in [0.15, 0.2) is 0 Å². The standard InChI is InChI=1S/C5H2F6O/c1-3(6,7)5(10,11)4(8,9)2-12/h1H2. The van der Waals surface area contributed by atoms with E-state index in [-0.39, 0.29) is 0 Å². The molecule has 0 saturated carbocycles. The topological polar surface area (TPSA) is 17.1 Å². The fourth-order valence-electron chi connectivity index (χ4n) is 0.294. The van der Waals surface area contributed by atoms with Gasteiger partial charge in [-0.25, -0.2) is 0 Å². The first-order valence-electron chi connectivity index (χ1n) is 2.44. The minimum absolute atomic E-state index is 0.465. The van der Waals surface area contributed by atoms with Crippen LogP contribution in [0.5, 0.6) is 0 Å². The summed E-state index contributed by atoms with van der Waals surface area (Å²) in [5, 5.41) is 0. The third-order valence-electron chi connectivity index (χ3n) is 0.982. The van der Waals surface area contributed by atoms with Gasteiger partial charge in [0.1, 0.15) is 0 Å². The van der Waals surface area contributed by atoms with Crippen LogP contribution in [0.4, 0.5) is 26.3 Å². The summed E-state index contributed by atoms with van der Waals surface area (Å²) < 4.78 is 70.6. The van der Waals surface area contributed by atoms with Crippen molar-refractivity contribution < 1.29 is 31.1 Å². The number of rotatable bonds is 3. The zero-order valence-electron chi connectivity index (χ0n) is 5.38. The van der Waals surface area contributed by atoms with Crippen molar-refractivity contribution in [3.8, 4) is 0 Å². The molecule has 0 rings (SSSR count). The van der Waals surface area contributed by atoms with Crippen LogP contribution in [0.3, 0.4) is 0 Å². The molecule has 0 bridgehead atoms. The van der Waals surface area contributed by atoms with E-state index in [0.717, 1.165) is 0 Å². The van der Waals surface area contributed by atoms with Gasteiger partial charge in [-0.3, -0.25) is 4.79 Å². The van der Waals surface area contributed by atoms with Crippen LogP contribution in [0.1, 0.15) is 0 Å². The second-order valence-electron chi connectivity index (χ2n) is 1.96. The van der Waals surface area contributed by atoms with Gasteiger partial charge >= 0.3 is 17.8 Å². The quantitative estimate of drug-likeness (QED) is 0.623. The fourth-order valence-corrected chi connectivity index (χ4v) is 0.294. The Bertz CT molecular complexity index is 181. The van der Waals surface area contributed by atoms with E-state index in [1.54, 1.807) is 0 Å². The van der Waals surface area contributed by atoms with Crippen LogP contribution in [0.2, 0.25) is 0 Å². The Hall–Kier alpha value is -0.750. The Morgan fingerprint density at radius 3 is 1.42 bits per heavy atom. The third kappa shape index (κ3) is 1.54. The SMILES string of the molecule is [CH2]C(F)(F)C(F)(F)C(F)(F)[C]=O. The van der Waals surface area contributed by atoms with E-state index in [1.807, 2.05) is 0 Å². The highest BCUT2D eigenvalue weighted by molar-refractivity contribution is 5.63. The highest BCUT2D eigenvalue weighted by Crippen LogP contribution is 2.43. The minimum atomic E-state index is -5.82. The van der Waals surface area contributed by atoms with Crippen molar-refractivity contribution in [1.82, 2.24) is 0 Å². The zero-order valence-corrected chi connectivity index (χ0v) is 5.38. The molecule has 0 aliphatic rings. The van der Waals surface area contributed by atoms with Gasteiger partial charge in [0.2, 0.25) is 0 Å². The first-order chi connectivity index (χ1) is 5.06. The summed E-state index contributed by atoms with van der Waals surface area (Å²) in [6.07, 6.45) is -0.465. The van der Waals surface area contributed by atoms with Gasteiger partial charge in [-0.1, -0.05) is 0 Å². The van der Waals surface area contributed by atoms with E-state index in [4.69, 9.17) is 0 Å². The Morgan fingerprint density at radius 2 is 1.33 bits per heavy atom. The second kappa shape index (κ2) is 2.63. The van der Waals surface area contributed by atoms with Gasteiger partial charge in [-0.2, -0.15) is 26.3 Å². The first-order valence-corrected chi connectivity index (χ1v) is 2.44. The van der Waals surface area contributed by atoms with Crippen molar-refractivity contribution in [3.63, 3.8) is 0 Å². The monoisotopic (exact) mass is 192 g/mol. The molecule has 0 amide bonds. The maximum atomic E-state index is 11.9. The Labute approximate surface area is 63.4 Å². The van der Waals surface area contributed by atoms with E-state index in [2.05, 4.69) is 0 Å². The average molecular weight is 192 g/mol. The first kappa shape index (κ1) is 11.2. The molecule has 0 heterocycles. The molecule has 0 N–H and O–H groups in total. The fraction of sp³-hybridized carbons (Fsp3) is 0.600. The Kier molecular flexibility index (Phi) is 2.47. The molecule has 0 spiro atoms. The summed E-state index contributed by atoms with van der Waals surface area (Å²) in [6.45, 7) is 1.51. The van der Waals surface area contributed by atoms with Gasteiger partial charge in [-0.15, -0.1) is 0 Å². The molecule has 0 aromatic heterocycles. The lowest BCUT2D eigenvalue weighted by atomic mass is 10.1. The van der Waals surface area contributed by atoms with E-state index in [0.29, 0.717) is 0 Å². The van der Waals surface area contributed by atoms with Crippen LogP contribution in [0, 0.1) is 6.92 Å².